The average Bonchev–Trinajstić information content (AvgIpc) is 2.91. The van der Waals surface area contributed by atoms with Gasteiger partial charge in [0, 0.05) is 23.4 Å². The average molecular weight is 228 g/mol. The number of aryl methyl sites for hydroxylation is 1. The largest absolute Gasteiger partial charge is 0.493 e. The van der Waals surface area contributed by atoms with Crippen molar-refractivity contribution in [2.24, 2.45) is 0 Å². The van der Waals surface area contributed by atoms with Crippen LogP contribution in [0.5, 0.6) is 5.75 Å². The van der Waals surface area contributed by atoms with Crippen molar-refractivity contribution in [1.82, 2.24) is 9.97 Å². The zero-order valence-electron chi connectivity index (χ0n) is 9.94. The van der Waals surface area contributed by atoms with E-state index in [9.17, 15) is 0 Å². The Morgan fingerprint density at radius 3 is 3.18 bits per heavy atom. The maximum atomic E-state index is 5.84. The Morgan fingerprint density at radius 1 is 1.41 bits per heavy atom. The van der Waals surface area contributed by atoms with Gasteiger partial charge in [-0.05, 0) is 18.4 Å². The highest BCUT2D eigenvalue weighted by molar-refractivity contribution is 5.46. The summed E-state index contributed by atoms with van der Waals surface area (Å²) in [7, 11) is 0. The molecule has 1 aliphatic rings. The number of aromatic amines is 1. The lowest BCUT2D eigenvalue weighted by molar-refractivity contribution is 0.284. The Kier molecular flexibility index (Phi) is 2.59. The molecular formula is C14H16N2O. The third-order valence-electron chi connectivity index (χ3n) is 3.42. The van der Waals surface area contributed by atoms with Crippen LogP contribution in [0, 0.1) is 0 Å². The quantitative estimate of drug-likeness (QED) is 0.858. The van der Waals surface area contributed by atoms with Crippen LogP contribution >= 0.6 is 0 Å². The summed E-state index contributed by atoms with van der Waals surface area (Å²) in [6.07, 6.45) is 5.85. The molecule has 88 valence electrons. The van der Waals surface area contributed by atoms with Crippen molar-refractivity contribution in [3.05, 3.63) is 47.5 Å². The zero-order valence-corrected chi connectivity index (χ0v) is 9.94. The monoisotopic (exact) mass is 228 g/mol. The third-order valence-corrected chi connectivity index (χ3v) is 3.42. The number of nitrogens with one attached hydrogen (secondary N) is 1. The molecular weight excluding hydrogens is 212 g/mol. The molecule has 1 N–H and O–H groups in total. The molecule has 1 unspecified atom stereocenters. The van der Waals surface area contributed by atoms with Crippen molar-refractivity contribution in [3.63, 3.8) is 0 Å². The molecule has 1 aromatic heterocycles. The molecule has 17 heavy (non-hydrogen) atoms. The fourth-order valence-corrected chi connectivity index (χ4v) is 2.43. The van der Waals surface area contributed by atoms with Gasteiger partial charge in [-0.3, -0.25) is 0 Å². The number of benzene rings is 1. The van der Waals surface area contributed by atoms with Gasteiger partial charge in [0.2, 0.25) is 0 Å². The SMILES string of the molecule is CC(c1cnc[nH]1)c1cccc2c1OCCC2. The van der Waals surface area contributed by atoms with Gasteiger partial charge in [0.1, 0.15) is 5.75 Å². The van der Waals surface area contributed by atoms with Crippen molar-refractivity contribution in [2.45, 2.75) is 25.7 Å². The van der Waals surface area contributed by atoms with E-state index in [1.807, 2.05) is 6.20 Å². The third kappa shape index (κ3) is 1.82. The van der Waals surface area contributed by atoms with E-state index >= 15 is 0 Å². The molecule has 0 saturated heterocycles. The van der Waals surface area contributed by atoms with Gasteiger partial charge < -0.3 is 9.72 Å². The number of rotatable bonds is 2. The maximum absolute atomic E-state index is 5.84. The second kappa shape index (κ2) is 4.24. The summed E-state index contributed by atoms with van der Waals surface area (Å²) in [5.74, 6) is 1.38. The van der Waals surface area contributed by atoms with Crippen LogP contribution in [0.15, 0.2) is 30.7 Å². The van der Waals surface area contributed by atoms with Gasteiger partial charge in [0.25, 0.3) is 0 Å². The summed E-state index contributed by atoms with van der Waals surface area (Å²) < 4.78 is 5.84. The van der Waals surface area contributed by atoms with Crippen molar-refractivity contribution in [1.29, 1.82) is 0 Å². The van der Waals surface area contributed by atoms with E-state index in [4.69, 9.17) is 4.74 Å². The lowest BCUT2D eigenvalue weighted by Crippen LogP contribution is -2.11. The van der Waals surface area contributed by atoms with Crippen LogP contribution < -0.4 is 4.74 Å². The number of H-pyrrole nitrogens is 1. The molecule has 0 fully saturated rings. The molecule has 0 aliphatic carbocycles. The van der Waals surface area contributed by atoms with Crippen molar-refractivity contribution >= 4 is 0 Å². The van der Waals surface area contributed by atoms with Crippen molar-refractivity contribution in [3.8, 4) is 5.75 Å². The first-order valence-electron chi connectivity index (χ1n) is 6.09. The van der Waals surface area contributed by atoms with E-state index in [-0.39, 0.29) is 0 Å². The Hall–Kier alpha value is -1.77. The fourth-order valence-electron chi connectivity index (χ4n) is 2.43. The zero-order chi connectivity index (χ0) is 11.7. The molecule has 1 atom stereocenters. The molecule has 0 saturated carbocycles. The summed E-state index contributed by atoms with van der Waals surface area (Å²) in [6, 6.07) is 6.43. The first-order valence-corrected chi connectivity index (χ1v) is 6.09. The number of nitrogens with zero attached hydrogens (tertiary/aromatic N) is 1. The number of aromatic nitrogens is 2. The molecule has 2 heterocycles. The molecule has 3 nitrogen and oxygen atoms in total. The first-order chi connectivity index (χ1) is 8.36. The van der Waals surface area contributed by atoms with Crippen LogP contribution in [-0.2, 0) is 6.42 Å². The molecule has 0 radical (unpaired) electrons. The normalized spacial score (nSPS) is 16.1. The van der Waals surface area contributed by atoms with Crippen LogP contribution in [0.1, 0.15) is 36.1 Å². The lowest BCUT2D eigenvalue weighted by atomic mass is 9.93. The van der Waals surface area contributed by atoms with E-state index in [0.717, 1.165) is 30.9 Å². The number of hydrogen-bond donors (Lipinski definition) is 1. The van der Waals surface area contributed by atoms with Gasteiger partial charge >= 0.3 is 0 Å². The smallest absolute Gasteiger partial charge is 0.126 e. The van der Waals surface area contributed by atoms with Crippen LogP contribution in [0.25, 0.3) is 0 Å². The summed E-state index contributed by atoms with van der Waals surface area (Å²) in [6.45, 7) is 3.01. The Bertz CT molecular complexity index is 505. The lowest BCUT2D eigenvalue weighted by Gasteiger charge is -2.22. The van der Waals surface area contributed by atoms with Gasteiger partial charge in [0.05, 0.1) is 12.9 Å². The second-order valence-corrected chi connectivity index (χ2v) is 4.52. The van der Waals surface area contributed by atoms with E-state index in [1.165, 1.54) is 11.1 Å². The van der Waals surface area contributed by atoms with E-state index in [2.05, 4.69) is 35.1 Å². The van der Waals surface area contributed by atoms with Gasteiger partial charge in [-0.15, -0.1) is 0 Å². The molecule has 0 amide bonds. The van der Waals surface area contributed by atoms with Gasteiger partial charge in [-0.25, -0.2) is 4.98 Å². The summed E-state index contributed by atoms with van der Waals surface area (Å²) >= 11 is 0. The maximum Gasteiger partial charge on any atom is 0.126 e. The Labute approximate surface area is 101 Å². The molecule has 1 aliphatic heterocycles. The molecule has 3 heteroatoms. The number of hydrogen-bond acceptors (Lipinski definition) is 2. The highest BCUT2D eigenvalue weighted by Crippen LogP contribution is 2.35. The second-order valence-electron chi connectivity index (χ2n) is 4.52. The van der Waals surface area contributed by atoms with E-state index < -0.39 is 0 Å². The summed E-state index contributed by atoms with van der Waals surface area (Å²) in [5, 5.41) is 0. The molecule has 1 aromatic carbocycles. The minimum Gasteiger partial charge on any atom is -0.493 e. The van der Waals surface area contributed by atoms with Crippen molar-refractivity contribution in [2.75, 3.05) is 6.61 Å². The van der Waals surface area contributed by atoms with Crippen LogP contribution in [-0.4, -0.2) is 16.6 Å². The standard InChI is InChI=1S/C14H16N2O/c1-10(13-8-15-9-16-13)12-6-2-4-11-5-3-7-17-14(11)12/h2,4,6,8-10H,3,5,7H2,1H3,(H,15,16). The fraction of sp³-hybridized carbons (Fsp3) is 0.357. The molecule has 3 rings (SSSR count). The predicted molar refractivity (Wildman–Crippen MR) is 66.4 cm³/mol. The number of fused-ring (bicyclic) bond motifs is 1. The van der Waals surface area contributed by atoms with E-state index in [0.29, 0.717) is 5.92 Å². The molecule has 0 spiro atoms. The Morgan fingerprint density at radius 2 is 2.35 bits per heavy atom. The van der Waals surface area contributed by atoms with Gasteiger partial charge in [-0.2, -0.15) is 0 Å². The van der Waals surface area contributed by atoms with E-state index in [1.54, 1.807) is 6.33 Å². The predicted octanol–water partition coefficient (Wildman–Crippen LogP) is 2.89. The number of ether oxygens (including phenoxy) is 1. The summed E-state index contributed by atoms with van der Waals surface area (Å²) in [5.41, 5.74) is 3.72. The molecule has 0 bridgehead atoms. The van der Waals surface area contributed by atoms with Crippen molar-refractivity contribution < 1.29 is 4.74 Å². The number of imidazole rings is 1. The van der Waals surface area contributed by atoms with Gasteiger partial charge in [-0.1, -0.05) is 25.1 Å². The highest BCUT2D eigenvalue weighted by Gasteiger charge is 2.19. The van der Waals surface area contributed by atoms with Crippen LogP contribution in [0.4, 0.5) is 0 Å². The highest BCUT2D eigenvalue weighted by atomic mass is 16.5. The first kappa shape index (κ1) is 10.4. The van der Waals surface area contributed by atoms with Crippen LogP contribution in [0.2, 0.25) is 0 Å². The topological polar surface area (TPSA) is 37.9 Å². The Balaban J connectivity index is 2.03. The minimum absolute atomic E-state index is 0.297. The summed E-state index contributed by atoms with van der Waals surface area (Å²) in [4.78, 5) is 7.26. The minimum atomic E-state index is 0.297. The number of para-hydroxylation sites is 1. The molecule has 2 aromatic rings. The van der Waals surface area contributed by atoms with Crippen LogP contribution in [0.3, 0.4) is 0 Å². The van der Waals surface area contributed by atoms with Gasteiger partial charge in [0.15, 0.2) is 0 Å².